The molecule has 104 valence electrons. The van der Waals surface area contributed by atoms with Crippen LogP contribution in [0.25, 0.3) is 0 Å². The molecule has 18 heavy (non-hydrogen) atoms. The van der Waals surface area contributed by atoms with Gasteiger partial charge in [-0.3, -0.25) is 4.79 Å². The lowest BCUT2D eigenvalue weighted by atomic mass is 9.79. The van der Waals surface area contributed by atoms with Gasteiger partial charge < -0.3 is 15.8 Å². The first-order valence-corrected chi connectivity index (χ1v) is 7.28. The van der Waals surface area contributed by atoms with Gasteiger partial charge in [-0.05, 0) is 43.9 Å². The van der Waals surface area contributed by atoms with E-state index in [1.165, 1.54) is 0 Å². The zero-order chi connectivity index (χ0) is 13.0. The lowest BCUT2D eigenvalue weighted by Crippen LogP contribution is -2.42. The van der Waals surface area contributed by atoms with Gasteiger partial charge in [0.25, 0.3) is 0 Å². The molecule has 0 aromatic heterocycles. The van der Waals surface area contributed by atoms with Crippen molar-refractivity contribution in [2.75, 3.05) is 19.8 Å². The second kappa shape index (κ2) is 6.53. The van der Waals surface area contributed by atoms with Crippen LogP contribution in [0.2, 0.25) is 0 Å². The van der Waals surface area contributed by atoms with Gasteiger partial charge in [-0.2, -0.15) is 0 Å². The third-order valence-electron chi connectivity index (χ3n) is 4.51. The summed E-state index contributed by atoms with van der Waals surface area (Å²) < 4.78 is 5.32. The van der Waals surface area contributed by atoms with Crippen molar-refractivity contribution in [3.05, 3.63) is 0 Å². The van der Waals surface area contributed by atoms with Gasteiger partial charge in [-0.25, -0.2) is 0 Å². The predicted molar refractivity (Wildman–Crippen MR) is 71.0 cm³/mol. The van der Waals surface area contributed by atoms with Crippen molar-refractivity contribution < 1.29 is 9.53 Å². The minimum Gasteiger partial charge on any atom is -0.381 e. The standard InChI is InChI=1S/C14H26N2O2/c1-10-8-12(2-3-13(10)15)14(17)16-9-11-4-6-18-7-5-11/h10-13H,2-9,15H2,1H3,(H,16,17). The van der Waals surface area contributed by atoms with Gasteiger partial charge in [0, 0.05) is 31.7 Å². The number of amides is 1. The Hall–Kier alpha value is -0.610. The van der Waals surface area contributed by atoms with Gasteiger partial charge >= 0.3 is 0 Å². The zero-order valence-electron chi connectivity index (χ0n) is 11.4. The normalized spacial score (nSPS) is 34.2. The van der Waals surface area contributed by atoms with Crippen molar-refractivity contribution in [1.29, 1.82) is 0 Å². The summed E-state index contributed by atoms with van der Waals surface area (Å²) in [5, 5.41) is 3.12. The van der Waals surface area contributed by atoms with Crippen LogP contribution in [0, 0.1) is 17.8 Å². The van der Waals surface area contributed by atoms with E-state index in [1.54, 1.807) is 0 Å². The van der Waals surface area contributed by atoms with Crippen molar-refractivity contribution in [2.24, 2.45) is 23.5 Å². The minimum atomic E-state index is 0.180. The van der Waals surface area contributed by atoms with Crippen molar-refractivity contribution in [1.82, 2.24) is 5.32 Å². The maximum absolute atomic E-state index is 12.1. The summed E-state index contributed by atoms with van der Waals surface area (Å²) >= 11 is 0. The highest BCUT2D eigenvalue weighted by Gasteiger charge is 2.29. The lowest BCUT2D eigenvalue weighted by Gasteiger charge is -2.31. The van der Waals surface area contributed by atoms with Crippen LogP contribution >= 0.6 is 0 Å². The number of nitrogens with two attached hydrogens (primary N) is 1. The van der Waals surface area contributed by atoms with E-state index < -0.39 is 0 Å². The molecule has 1 aliphatic carbocycles. The smallest absolute Gasteiger partial charge is 0.223 e. The third kappa shape index (κ3) is 3.69. The van der Waals surface area contributed by atoms with Gasteiger partial charge in [0.05, 0.1) is 0 Å². The van der Waals surface area contributed by atoms with Gasteiger partial charge in [-0.15, -0.1) is 0 Å². The number of rotatable bonds is 3. The Morgan fingerprint density at radius 1 is 1.28 bits per heavy atom. The van der Waals surface area contributed by atoms with Crippen LogP contribution in [0.5, 0.6) is 0 Å². The highest BCUT2D eigenvalue weighted by molar-refractivity contribution is 5.78. The van der Waals surface area contributed by atoms with Crippen LogP contribution in [-0.4, -0.2) is 31.7 Å². The van der Waals surface area contributed by atoms with Crippen molar-refractivity contribution >= 4 is 5.91 Å². The molecular formula is C14H26N2O2. The van der Waals surface area contributed by atoms with Crippen molar-refractivity contribution in [2.45, 2.75) is 45.1 Å². The van der Waals surface area contributed by atoms with E-state index in [1.807, 2.05) is 0 Å². The summed E-state index contributed by atoms with van der Waals surface area (Å²) in [5.74, 6) is 1.49. The number of hydrogen-bond donors (Lipinski definition) is 2. The molecule has 3 unspecified atom stereocenters. The fraction of sp³-hybridized carbons (Fsp3) is 0.929. The van der Waals surface area contributed by atoms with Crippen LogP contribution in [0.4, 0.5) is 0 Å². The second-order valence-corrected chi connectivity index (χ2v) is 5.95. The molecule has 1 saturated carbocycles. The molecule has 3 N–H and O–H groups in total. The molecule has 0 aromatic rings. The fourth-order valence-electron chi connectivity index (χ4n) is 3.00. The second-order valence-electron chi connectivity index (χ2n) is 5.95. The SMILES string of the molecule is CC1CC(C(=O)NCC2CCOCC2)CCC1N. The molecule has 0 radical (unpaired) electrons. The number of carbonyl (C=O) groups is 1. The number of nitrogens with one attached hydrogen (secondary N) is 1. The minimum absolute atomic E-state index is 0.180. The number of ether oxygens (including phenoxy) is 1. The topological polar surface area (TPSA) is 64.3 Å². The van der Waals surface area contributed by atoms with Crippen LogP contribution in [0.3, 0.4) is 0 Å². The monoisotopic (exact) mass is 254 g/mol. The van der Waals surface area contributed by atoms with Crippen molar-refractivity contribution in [3.8, 4) is 0 Å². The summed E-state index contributed by atoms with van der Waals surface area (Å²) in [6.45, 7) is 4.66. The zero-order valence-corrected chi connectivity index (χ0v) is 11.4. The quantitative estimate of drug-likeness (QED) is 0.797. The molecule has 4 heteroatoms. The molecule has 2 fully saturated rings. The Morgan fingerprint density at radius 3 is 2.67 bits per heavy atom. The van der Waals surface area contributed by atoms with E-state index in [2.05, 4.69) is 12.2 Å². The lowest BCUT2D eigenvalue weighted by molar-refractivity contribution is -0.126. The van der Waals surface area contributed by atoms with Crippen LogP contribution < -0.4 is 11.1 Å². The average Bonchev–Trinajstić information content (AvgIpc) is 2.40. The van der Waals surface area contributed by atoms with Crippen LogP contribution in [-0.2, 0) is 9.53 Å². The first-order chi connectivity index (χ1) is 8.66. The summed E-state index contributed by atoms with van der Waals surface area (Å²) in [6.07, 6.45) is 5.03. The van der Waals surface area contributed by atoms with Crippen LogP contribution in [0.1, 0.15) is 39.0 Å². The van der Waals surface area contributed by atoms with Crippen molar-refractivity contribution in [3.63, 3.8) is 0 Å². The van der Waals surface area contributed by atoms with E-state index in [-0.39, 0.29) is 17.9 Å². The predicted octanol–water partition coefficient (Wildman–Crippen LogP) is 1.29. The summed E-state index contributed by atoms with van der Waals surface area (Å²) in [4.78, 5) is 12.1. The van der Waals surface area contributed by atoms with Gasteiger partial charge in [-0.1, -0.05) is 6.92 Å². The molecule has 0 aromatic carbocycles. The first kappa shape index (κ1) is 13.8. The van der Waals surface area contributed by atoms with Gasteiger partial charge in [0.1, 0.15) is 0 Å². The average molecular weight is 254 g/mol. The van der Waals surface area contributed by atoms with Gasteiger partial charge in [0.2, 0.25) is 5.91 Å². The molecule has 1 heterocycles. The highest BCUT2D eigenvalue weighted by atomic mass is 16.5. The Morgan fingerprint density at radius 2 is 2.00 bits per heavy atom. The molecule has 1 aliphatic heterocycles. The fourth-order valence-corrected chi connectivity index (χ4v) is 3.00. The molecule has 1 amide bonds. The maximum Gasteiger partial charge on any atom is 0.223 e. The van der Waals surface area contributed by atoms with E-state index >= 15 is 0 Å². The maximum atomic E-state index is 12.1. The molecule has 1 saturated heterocycles. The summed E-state index contributed by atoms with van der Waals surface area (Å²) in [7, 11) is 0. The molecule has 0 bridgehead atoms. The number of hydrogen-bond acceptors (Lipinski definition) is 3. The number of carbonyl (C=O) groups excluding carboxylic acids is 1. The van der Waals surface area contributed by atoms with E-state index in [9.17, 15) is 4.79 Å². The first-order valence-electron chi connectivity index (χ1n) is 7.28. The Balaban J connectivity index is 1.70. The molecule has 4 nitrogen and oxygen atoms in total. The van der Waals surface area contributed by atoms with E-state index in [4.69, 9.17) is 10.5 Å². The molecule has 2 rings (SSSR count). The van der Waals surface area contributed by atoms with Gasteiger partial charge in [0.15, 0.2) is 0 Å². The molecule has 0 spiro atoms. The Bertz CT molecular complexity index is 277. The largest absolute Gasteiger partial charge is 0.381 e. The van der Waals surface area contributed by atoms with E-state index in [0.717, 1.165) is 51.9 Å². The van der Waals surface area contributed by atoms with Crippen LogP contribution in [0.15, 0.2) is 0 Å². The highest BCUT2D eigenvalue weighted by Crippen LogP contribution is 2.28. The molecular weight excluding hydrogens is 228 g/mol. The summed E-state index contributed by atoms with van der Waals surface area (Å²) in [5.41, 5.74) is 5.99. The summed E-state index contributed by atoms with van der Waals surface area (Å²) in [6, 6.07) is 0.282. The van der Waals surface area contributed by atoms with E-state index in [0.29, 0.717) is 11.8 Å². The Labute approximate surface area is 110 Å². The Kier molecular flexibility index (Phi) is 5.01. The molecule has 2 aliphatic rings. The molecule has 3 atom stereocenters. The third-order valence-corrected chi connectivity index (χ3v) is 4.51.